The lowest BCUT2D eigenvalue weighted by atomic mass is 10.1. The molecule has 0 atom stereocenters. The molecule has 3 heterocycles. The summed E-state index contributed by atoms with van der Waals surface area (Å²) < 4.78 is 7.02. The smallest absolute Gasteiger partial charge is 0.250 e. The highest BCUT2D eigenvalue weighted by atomic mass is 16.5. The third kappa shape index (κ3) is 4.08. The number of carbonyl (C=O) groups excluding carboxylic acids is 1. The molecule has 0 fully saturated rings. The van der Waals surface area contributed by atoms with E-state index in [4.69, 9.17) is 10.5 Å². The molecule has 29 heavy (non-hydrogen) atoms. The number of nitrogens with zero attached hydrogens (tertiary/aromatic N) is 4. The van der Waals surface area contributed by atoms with Gasteiger partial charge in [-0.3, -0.25) is 9.78 Å². The van der Waals surface area contributed by atoms with Gasteiger partial charge in [-0.2, -0.15) is 5.10 Å². The van der Waals surface area contributed by atoms with Crippen LogP contribution in [0, 0.1) is 0 Å². The van der Waals surface area contributed by atoms with Gasteiger partial charge in [-0.1, -0.05) is 12.1 Å². The van der Waals surface area contributed by atoms with Gasteiger partial charge in [0.25, 0.3) is 0 Å². The summed E-state index contributed by atoms with van der Waals surface area (Å²) in [6.45, 7) is 0. The lowest BCUT2D eigenvalue weighted by Gasteiger charge is -2.05. The van der Waals surface area contributed by atoms with E-state index in [-0.39, 0.29) is 0 Å². The molecule has 0 radical (unpaired) electrons. The molecular formula is C22H21N5O2. The first-order chi connectivity index (χ1) is 14.1. The predicted octanol–water partition coefficient (Wildman–Crippen LogP) is 3.07. The van der Waals surface area contributed by atoms with Crippen molar-refractivity contribution in [1.82, 2.24) is 19.6 Å². The molecule has 7 nitrogen and oxygen atoms in total. The zero-order chi connectivity index (χ0) is 20.2. The summed E-state index contributed by atoms with van der Waals surface area (Å²) in [6.07, 6.45) is 11.5. The monoisotopic (exact) mass is 387 g/mol. The number of rotatable bonds is 7. The maximum atomic E-state index is 11.3. The summed E-state index contributed by atoms with van der Waals surface area (Å²) in [5.74, 6) is 0.361. The molecule has 3 aromatic heterocycles. The summed E-state index contributed by atoms with van der Waals surface area (Å²) in [5.41, 5.74) is 10.7. The lowest BCUT2D eigenvalue weighted by molar-refractivity contribution is 0.1000. The number of hydrogen-bond donors (Lipinski definition) is 1. The lowest BCUT2D eigenvalue weighted by Crippen LogP contribution is -2.11. The molecule has 1 aromatic carbocycles. The number of aromatic nitrogens is 4. The van der Waals surface area contributed by atoms with Crippen molar-refractivity contribution in [2.45, 2.75) is 19.3 Å². The van der Waals surface area contributed by atoms with Gasteiger partial charge in [0.1, 0.15) is 5.75 Å². The first-order valence-electron chi connectivity index (χ1n) is 9.34. The van der Waals surface area contributed by atoms with E-state index in [0.717, 1.165) is 52.9 Å². The fourth-order valence-electron chi connectivity index (χ4n) is 3.27. The molecule has 0 saturated carbocycles. The molecule has 4 aromatic rings. The molecule has 1 amide bonds. The second-order valence-electron chi connectivity index (χ2n) is 6.81. The van der Waals surface area contributed by atoms with Gasteiger partial charge in [0, 0.05) is 35.9 Å². The Hall–Kier alpha value is -3.74. The van der Waals surface area contributed by atoms with Crippen LogP contribution in [0.1, 0.15) is 27.9 Å². The van der Waals surface area contributed by atoms with Gasteiger partial charge < -0.3 is 10.5 Å². The van der Waals surface area contributed by atoms with Gasteiger partial charge >= 0.3 is 0 Å². The number of fused-ring (bicyclic) bond motifs is 1. The van der Waals surface area contributed by atoms with Crippen LogP contribution in [0.2, 0.25) is 0 Å². The van der Waals surface area contributed by atoms with E-state index in [1.807, 2.05) is 47.4 Å². The summed E-state index contributed by atoms with van der Waals surface area (Å²) in [7, 11) is 1.65. The average molecular weight is 387 g/mol. The number of primary amides is 1. The van der Waals surface area contributed by atoms with Crippen molar-refractivity contribution >= 4 is 11.6 Å². The fourth-order valence-corrected chi connectivity index (χ4v) is 3.27. The second kappa shape index (κ2) is 8.10. The second-order valence-corrected chi connectivity index (χ2v) is 6.81. The molecule has 0 saturated heterocycles. The number of ether oxygens (including phenoxy) is 1. The molecule has 2 N–H and O–H groups in total. The van der Waals surface area contributed by atoms with Crippen LogP contribution in [0.15, 0.2) is 61.3 Å². The van der Waals surface area contributed by atoms with Crippen LogP contribution in [0.3, 0.4) is 0 Å². The van der Waals surface area contributed by atoms with Gasteiger partial charge in [-0.15, -0.1) is 0 Å². The zero-order valence-electron chi connectivity index (χ0n) is 16.1. The summed E-state index contributed by atoms with van der Waals surface area (Å²) in [5, 5.41) is 4.46. The summed E-state index contributed by atoms with van der Waals surface area (Å²) in [4.78, 5) is 20.0. The number of pyridine rings is 1. The number of carbonyl (C=O) groups is 1. The minimum atomic E-state index is -0.459. The van der Waals surface area contributed by atoms with Gasteiger partial charge in [0.05, 0.1) is 18.9 Å². The molecule has 0 aliphatic carbocycles. The minimum absolute atomic E-state index is 0.436. The maximum absolute atomic E-state index is 11.3. The van der Waals surface area contributed by atoms with E-state index < -0.39 is 5.91 Å². The third-order valence-corrected chi connectivity index (χ3v) is 4.84. The minimum Gasteiger partial charge on any atom is -0.497 e. The highest BCUT2D eigenvalue weighted by molar-refractivity contribution is 5.92. The fraction of sp³-hybridized carbons (Fsp3) is 0.182. The number of aryl methyl sites for hydroxylation is 2. The van der Waals surface area contributed by atoms with E-state index in [2.05, 4.69) is 15.1 Å². The van der Waals surface area contributed by atoms with Gasteiger partial charge in [-0.25, -0.2) is 9.50 Å². The molecule has 146 valence electrons. The highest BCUT2D eigenvalue weighted by Crippen LogP contribution is 2.23. The Morgan fingerprint density at radius 2 is 1.90 bits per heavy atom. The molecule has 0 unspecified atom stereocenters. The summed E-state index contributed by atoms with van der Waals surface area (Å²) >= 11 is 0. The van der Waals surface area contributed by atoms with Gasteiger partial charge in [0.2, 0.25) is 5.91 Å². The summed E-state index contributed by atoms with van der Waals surface area (Å²) in [6, 6.07) is 9.65. The van der Waals surface area contributed by atoms with Crippen LogP contribution in [0.25, 0.3) is 16.8 Å². The highest BCUT2D eigenvalue weighted by Gasteiger charge is 2.08. The van der Waals surface area contributed by atoms with Crippen LogP contribution in [-0.2, 0) is 12.8 Å². The normalized spacial score (nSPS) is 10.9. The largest absolute Gasteiger partial charge is 0.497 e. The van der Waals surface area contributed by atoms with Crippen LogP contribution in [-0.4, -0.2) is 32.6 Å². The Bertz CT molecular complexity index is 1150. The Kier molecular flexibility index (Phi) is 5.20. The van der Waals surface area contributed by atoms with Crippen molar-refractivity contribution in [3.8, 4) is 16.9 Å². The van der Waals surface area contributed by atoms with E-state index in [9.17, 15) is 4.79 Å². The number of benzene rings is 1. The van der Waals surface area contributed by atoms with E-state index in [1.54, 1.807) is 19.4 Å². The van der Waals surface area contributed by atoms with Crippen molar-refractivity contribution in [1.29, 1.82) is 0 Å². The Labute approximate surface area is 168 Å². The standard InChI is InChI=1S/C22H21N5O2/c1-29-20-7-5-16(6-8-20)19-12-25-22-17(13-26-27(22)14-19)4-2-3-15-9-18(21(23)28)11-24-10-15/h5-14H,2-4H2,1H3,(H2,23,28). The first kappa shape index (κ1) is 18.6. The molecule has 0 bridgehead atoms. The SMILES string of the molecule is COc1ccc(-c2cnc3c(CCCc4cncc(C(N)=O)c4)cnn3c2)cc1. The van der Waals surface area contributed by atoms with Crippen LogP contribution in [0.5, 0.6) is 5.75 Å². The van der Waals surface area contributed by atoms with Crippen LogP contribution in [0.4, 0.5) is 0 Å². The molecular weight excluding hydrogens is 366 g/mol. The maximum Gasteiger partial charge on any atom is 0.250 e. The van der Waals surface area contributed by atoms with E-state index in [1.165, 1.54) is 6.20 Å². The van der Waals surface area contributed by atoms with Crippen molar-refractivity contribution in [3.63, 3.8) is 0 Å². The van der Waals surface area contributed by atoms with Gasteiger partial charge in [-0.05, 0) is 48.6 Å². The van der Waals surface area contributed by atoms with Gasteiger partial charge in [0.15, 0.2) is 5.65 Å². The zero-order valence-corrected chi connectivity index (χ0v) is 16.1. The quantitative estimate of drug-likeness (QED) is 0.526. The molecule has 0 aliphatic heterocycles. The van der Waals surface area contributed by atoms with Crippen molar-refractivity contribution in [2.75, 3.05) is 7.11 Å². The molecule has 0 aliphatic rings. The Morgan fingerprint density at radius 3 is 2.66 bits per heavy atom. The Morgan fingerprint density at radius 1 is 1.07 bits per heavy atom. The number of nitrogens with two attached hydrogens (primary N) is 1. The Balaban J connectivity index is 1.46. The van der Waals surface area contributed by atoms with Crippen LogP contribution < -0.4 is 10.5 Å². The number of hydrogen-bond acceptors (Lipinski definition) is 5. The van der Waals surface area contributed by atoms with E-state index >= 15 is 0 Å². The van der Waals surface area contributed by atoms with Crippen molar-refractivity contribution in [2.24, 2.45) is 5.73 Å². The first-order valence-corrected chi connectivity index (χ1v) is 9.34. The van der Waals surface area contributed by atoms with E-state index in [0.29, 0.717) is 5.56 Å². The predicted molar refractivity (Wildman–Crippen MR) is 110 cm³/mol. The molecule has 0 spiro atoms. The van der Waals surface area contributed by atoms with Crippen molar-refractivity contribution < 1.29 is 9.53 Å². The number of amides is 1. The molecule has 4 rings (SSSR count). The molecule has 7 heteroatoms. The third-order valence-electron chi connectivity index (χ3n) is 4.84. The average Bonchev–Trinajstić information content (AvgIpc) is 3.16. The van der Waals surface area contributed by atoms with Crippen molar-refractivity contribution in [3.05, 3.63) is 78.0 Å². The van der Waals surface area contributed by atoms with Crippen LogP contribution >= 0.6 is 0 Å². The topological polar surface area (TPSA) is 95.4 Å². The number of methoxy groups -OCH3 is 1.